The van der Waals surface area contributed by atoms with Gasteiger partial charge in [-0.3, -0.25) is 0 Å². The Morgan fingerprint density at radius 1 is 1.13 bits per heavy atom. The van der Waals surface area contributed by atoms with Crippen LogP contribution in [0.1, 0.15) is 51.8 Å². The zero-order valence-corrected chi connectivity index (χ0v) is 10.5. The van der Waals surface area contributed by atoms with Crippen molar-refractivity contribution >= 4 is 0 Å². The van der Waals surface area contributed by atoms with Crippen molar-refractivity contribution in [3.8, 4) is 0 Å². The maximum Gasteiger partial charge on any atom is 0.255 e. The Kier molecular flexibility index (Phi) is 5.44. The SMILES string of the molecule is CCCCCCCn1cc[n+](C)c1CC. The average molecular weight is 209 g/mol. The van der Waals surface area contributed by atoms with Gasteiger partial charge in [-0.05, 0) is 12.8 Å². The zero-order valence-electron chi connectivity index (χ0n) is 10.5. The average Bonchev–Trinajstić information content (AvgIpc) is 2.59. The largest absolute Gasteiger partial charge is 0.255 e. The molecule has 0 aliphatic carbocycles. The van der Waals surface area contributed by atoms with Crippen molar-refractivity contribution in [1.29, 1.82) is 0 Å². The van der Waals surface area contributed by atoms with Crippen LogP contribution in [0.25, 0.3) is 0 Å². The highest BCUT2D eigenvalue weighted by Gasteiger charge is 2.10. The molecule has 0 unspecified atom stereocenters. The van der Waals surface area contributed by atoms with E-state index in [9.17, 15) is 0 Å². The number of aromatic nitrogens is 2. The molecule has 0 bridgehead atoms. The summed E-state index contributed by atoms with van der Waals surface area (Å²) in [7, 11) is 2.13. The van der Waals surface area contributed by atoms with E-state index in [4.69, 9.17) is 0 Å². The fraction of sp³-hybridized carbons (Fsp3) is 0.769. The zero-order chi connectivity index (χ0) is 11.1. The van der Waals surface area contributed by atoms with E-state index in [2.05, 4.69) is 42.4 Å². The van der Waals surface area contributed by atoms with Gasteiger partial charge >= 0.3 is 0 Å². The van der Waals surface area contributed by atoms with Gasteiger partial charge in [0.05, 0.1) is 13.6 Å². The van der Waals surface area contributed by atoms with Crippen LogP contribution in [0.15, 0.2) is 12.4 Å². The highest BCUT2D eigenvalue weighted by Crippen LogP contribution is 2.05. The molecule has 0 aromatic carbocycles. The van der Waals surface area contributed by atoms with Gasteiger partial charge in [0.15, 0.2) is 0 Å². The van der Waals surface area contributed by atoms with Crippen molar-refractivity contribution in [1.82, 2.24) is 4.57 Å². The molecule has 0 saturated carbocycles. The van der Waals surface area contributed by atoms with Crippen LogP contribution < -0.4 is 4.57 Å². The van der Waals surface area contributed by atoms with Crippen LogP contribution in [0.5, 0.6) is 0 Å². The first-order chi connectivity index (χ1) is 7.29. The number of aryl methyl sites for hydroxylation is 2. The molecule has 15 heavy (non-hydrogen) atoms. The molecule has 2 nitrogen and oxygen atoms in total. The Balaban J connectivity index is 2.30. The van der Waals surface area contributed by atoms with E-state index in [0.29, 0.717) is 0 Å². The van der Waals surface area contributed by atoms with Gasteiger partial charge in [0, 0.05) is 6.42 Å². The Labute approximate surface area is 93.9 Å². The lowest BCUT2D eigenvalue weighted by Gasteiger charge is -2.01. The third kappa shape index (κ3) is 3.69. The topological polar surface area (TPSA) is 8.81 Å². The molecule has 0 atom stereocenters. The van der Waals surface area contributed by atoms with Gasteiger partial charge in [-0.1, -0.05) is 33.1 Å². The third-order valence-electron chi connectivity index (χ3n) is 3.03. The van der Waals surface area contributed by atoms with E-state index in [-0.39, 0.29) is 0 Å². The minimum atomic E-state index is 1.12. The third-order valence-corrected chi connectivity index (χ3v) is 3.03. The maximum atomic E-state index is 2.39. The standard InChI is InChI=1S/C13H25N2/c1-4-6-7-8-9-10-15-12-11-14(3)13(15)5-2/h11-12H,4-10H2,1-3H3/q+1. The fourth-order valence-electron chi connectivity index (χ4n) is 2.10. The minimum Gasteiger partial charge on any atom is -0.237 e. The Morgan fingerprint density at radius 3 is 2.53 bits per heavy atom. The van der Waals surface area contributed by atoms with Gasteiger partial charge in [-0.2, -0.15) is 0 Å². The van der Waals surface area contributed by atoms with Gasteiger partial charge in [0.2, 0.25) is 0 Å². The molecule has 0 fully saturated rings. The first-order valence-corrected chi connectivity index (χ1v) is 6.33. The van der Waals surface area contributed by atoms with Crippen molar-refractivity contribution in [2.45, 2.75) is 58.9 Å². The van der Waals surface area contributed by atoms with Crippen molar-refractivity contribution < 1.29 is 4.57 Å². The van der Waals surface area contributed by atoms with Crippen LogP contribution in [-0.4, -0.2) is 4.57 Å². The highest BCUT2D eigenvalue weighted by molar-refractivity contribution is 4.82. The summed E-state index contributed by atoms with van der Waals surface area (Å²) in [6.45, 7) is 5.68. The van der Waals surface area contributed by atoms with E-state index < -0.39 is 0 Å². The van der Waals surface area contributed by atoms with Crippen LogP contribution in [0.2, 0.25) is 0 Å². The van der Waals surface area contributed by atoms with Crippen LogP contribution in [0.4, 0.5) is 0 Å². The molecule has 0 aliphatic rings. The second-order valence-corrected chi connectivity index (χ2v) is 4.29. The molecule has 1 aromatic heterocycles. The summed E-state index contributed by atoms with van der Waals surface area (Å²) in [5, 5.41) is 0. The highest BCUT2D eigenvalue weighted by atomic mass is 15.1. The first kappa shape index (κ1) is 12.3. The van der Waals surface area contributed by atoms with E-state index in [1.165, 1.54) is 44.5 Å². The van der Waals surface area contributed by atoms with Crippen molar-refractivity contribution in [3.63, 3.8) is 0 Å². The first-order valence-electron chi connectivity index (χ1n) is 6.33. The van der Waals surface area contributed by atoms with Gasteiger partial charge in [0.25, 0.3) is 5.82 Å². The lowest BCUT2D eigenvalue weighted by atomic mass is 10.1. The molecule has 0 aliphatic heterocycles. The van der Waals surface area contributed by atoms with E-state index in [0.717, 1.165) is 6.42 Å². The predicted molar refractivity (Wildman–Crippen MR) is 63.7 cm³/mol. The molecule has 86 valence electrons. The van der Waals surface area contributed by atoms with E-state index in [1.807, 2.05) is 0 Å². The number of rotatable bonds is 7. The summed E-state index contributed by atoms with van der Waals surface area (Å²) in [5.74, 6) is 1.44. The molecule has 1 rings (SSSR count). The second kappa shape index (κ2) is 6.65. The van der Waals surface area contributed by atoms with Gasteiger partial charge in [-0.25, -0.2) is 9.13 Å². The van der Waals surface area contributed by atoms with Crippen LogP contribution in [-0.2, 0) is 20.0 Å². The molecule has 2 heteroatoms. The molecule has 1 aromatic rings. The molecule has 1 heterocycles. The van der Waals surface area contributed by atoms with Gasteiger partial charge < -0.3 is 0 Å². The Morgan fingerprint density at radius 2 is 1.87 bits per heavy atom. The smallest absolute Gasteiger partial charge is 0.237 e. The molecular weight excluding hydrogens is 184 g/mol. The maximum absolute atomic E-state index is 2.39. The molecule has 0 spiro atoms. The summed E-state index contributed by atoms with van der Waals surface area (Å²) < 4.78 is 4.62. The van der Waals surface area contributed by atoms with E-state index in [1.54, 1.807) is 0 Å². The van der Waals surface area contributed by atoms with Crippen LogP contribution >= 0.6 is 0 Å². The summed E-state index contributed by atoms with van der Waals surface area (Å²) in [4.78, 5) is 0. The number of nitrogens with zero attached hydrogens (tertiary/aromatic N) is 2. The fourth-order valence-corrected chi connectivity index (χ4v) is 2.10. The van der Waals surface area contributed by atoms with Gasteiger partial charge in [-0.15, -0.1) is 0 Å². The number of unbranched alkanes of at least 4 members (excludes halogenated alkanes) is 4. The monoisotopic (exact) mass is 209 g/mol. The molecule has 0 radical (unpaired) electrons. The van der Waals surface area contributed by atoms with Crippen LogP contribution in [0.3, 0.4) is 0 Å². The summed E-state index contributed by atoms with van der Waals surface area (Å²) >= 11 is 0. The summed E-state index contributed by atoms with van der Waals surface area (Å²) in [6.07, 6.45) is 12.3. The lowest BCUT2D eigenvalue weighted by molar-refractivity contribution is -0.678. The van der Waals surface area contributed by atoms with Crippen LogP contribution in [0, 0.1) is 0 Å². The normalized spacial score (nSPS) is 10.9. The Hall–Kier alpha value is -0.790. The summed E-state index contributed by atoms with van der Waals surface area (Å²) in [6, 6.07) is 0. The predicted octanol–water partition coefficient (Wildman–Crippen LogP) is 2.85. The van der Waals surface area contributed by atoms with E-state index >= 15 is 0 Å². The number of hydrogen-bond donors (Lipinski definition) is 0. The number of hydrogen-bond acceptors (Lipinski definition) is 0. The lowest BCUT2D eigenvalue weighted by Crippen LogP contribution is -2.31. The van der Waals surface area contributed by atoms with Crippen molar-refractivity contribution in [2.24, 2.45) is 7.05 Å². The van der Waals surface area contributed by atoms with Gasteiger partial charge in [0.1, 0.15) is 12.4 Å². The molecular formula is C13H25N2+. The Bertz CT molecular complexity index is 276. The van der Waals surface area contributed by atoms with Crippen molar-refractivity contribution in [3.05, 3.63) is 18.2 Å². The summed E-state index contributed by atoms with van der Waals surface area (Å²) in [5.41, 5.74) is 0. The number of imidazole rings is 1. The molecule has 0 amide bonds. The second-order valence-electron chi connectivity index (χ2n) is 4.29. The van der Waals surface area contributed by atoms with Crippen molar-refractivity contribution in [2.75, 3.05) is 0 Å². The minimum absolute atomic E-state index is 1.12. The quantitative estimate of drug-likeness (QED) is 0.482. The molecule has 0 N–H and O–H groups in total. The molecule has 0 saturated heterocycles.